The van der Waals surface area contributed by atoms with Gasteiger partial charge in [-0.3, -0.25) is 14.5 Å². The van der Waals surface area contributed by atoms with E-state index in [1.807, 2.05) is 32.3 Å². The highest BCUT2D eigenvalue weighted by molar-refractivity contribution is 7.89. The van der Waals surface area contributed by atoms with Gasteiger partial charge < -0.3 is 4.74 Å². The van der Waals surface area contributed by atoms with E-state index in [2.05, 4.69) is 0 Å². The second-order valence-corrected chi connectivity index (χ2v) is 11.7. The summed E-state index contributed by atoms with van der Waals surface area (Å²) >= 11 is 0. The van der Waals surface area contributed by atoms with Crippen molar-refractivity contribution in [1.82, 2.24) is 9.79 Å². The SMILES string of the molecule is COc1ccc(S(=O)(=O)N(Cc2ccccc2)[C@@H](C(=O)NO)[C@H]2CC[C@H]([N+](C)(C)C(C)=O)CC2)cc1.Cl. The minimum Gasteiger partial charge on any atom is -0.497 e. The van der Waals surface area contributed by atoms with Crippen molar-refractivity contribution in [1.29, 1.82) is 0 Å². The van der Waals surface area contributed by atoms with E-state index in [-0.39, 0.29) is 46.2 Å². The highest BCUT2D eigenvalue weighted by Crippen LogP contribution is 2.36. The van der Waals surface area contributed by atoms with Gasteiger partial charge in [-0.15, -0.1) is 12.4 Å². The van der Waals surface area contributed by atoms with Gasteiger partial charge in [-0.2, -0.15) is 4.31 Å². The predicted molar refractivity (Wildman–Crippen MR) is 142 cm³/mol. The Morgan fingerprint density at radius 3 is 2.11 bits per heavy atom. The zero-order valence-corrected chi connectivity index (χ0v) is 23.3. The second-order valence-electron chi connectivity index (χ2n) is 9.76. The molecule has 0 saturated heterocycles. The molecule has 0 bridgehead atoms. The number of rotatable bonds is 9. The normalized spacial score (nSPS) is 19.0. The summed E-state index contributed by atoms with van der Waals surface area (Å²) in [4.78, 5) is 25.2. The number of hydroxylamine groups is 1. The maximum atomic E-state index is 13.9. The van der Waals surface area contributed by atoms with Gasteiger partial charge in [-0.1, -0.05) is 30.3 Å². The molecule has 0 aliphatic heterocycles. The fourth-order valence-corrected chi connectivity index (χ4v) is 6.58. The molecule has 11 heteroatoms. The maximum absolute atomic E-state index is 13.9. The lowest BCUT2D eigenvalue weighted by Gasteiger charge is -2.42. The first-order chi connectivity index (χ1) is 17.0. The molecule has 1 atom stereocenters. The van der Waals surface area contributed by atoms with Crippen LogP contribution in [0.25, 0.3) is 0 Å². The summed E-state index contributed by atoms with van der Waals surface area (Å²) in [5.74, 6) is -0.544. The van der Waals surface area contributed by atoms with E-state index in [0.29, 0.717) is 37.0 Å². The fourth-order valence-electron chi connectivity index (χ4n) is 4.95. The van der Waals surface area contributed by atoms with Crippen molar-refractivity contribution < 1.29 is 32.4 Å². The smallest absolute Gasteiger partial charge is 0.310 e. The minimum atomic E-state index is -4.14. The number of hydrogen-bond acceptors (Lipinski definition) is 6. The first-order valence-electron chi connectivity index (χ1n) is 12.0. The summed E-state index contributed by atoms with van der Waals surface area (Å²) in [5.41, 5.74) is 2.42. The molecule has 1 aliphatic carbocycles. The number of sulfonamides is 1. The van der Waals surface area contributed by atoms with Crippen LogP contribution < -0.4 is 10.2 Å². The molecule has 0 aromatic heterocycles. The summed E-state index contributed by atoms with van der Waals surface area (Å²) in [6.45, 7) is 1.53. The maximum Gasteiger partial charge on any atom is 0.310 e. The number of halogens is 1. The standard InChI is InChI=1S/C26H35N3O6S.ClH/c1-19(30)29(2,3)22-12-10-21(11-13-22)25(26(31)27-32)28(18-20-8-6-5-7-9-20)36(33,34)24-16-14-23(35-4)15-17-24;/h5-9,14-17,21-22,25H,10-13,18H2,1-4H3,(H-,27,31,32);1H/p+1/t21-,22-,25-;/m1./s1. The summed E-state index contributed by atoms with van der Waals surface area (Å²) in [6.07, 6.45) is 2.41. The molecule has 0 heterocycles. The Bertz CT molecular complexity index is 1150. The lowest BCUT2D eigenvalue weighted by Crippen LogP contribution is -2.56. The zero-order valence-electron chi connectivity index (χ0n) is 21.7. The Balaban J connectivity index is 0.00000481. The van der Waals surface area contributed by atoms with E-state index in [1.54, 1.807) is 36.7 Å². The Morgan fingerprint density at radius 1 is 1.05 bits per heavy atom. The van der Waals surface area contributed by atoms with E-state index >= 15 is 0 Å². The molecule has 1 saturated carbocycles. The van der Waals surface area contributed by atoms with Crippen molar-refractivity contribution in [3.05, 3.63) is 60.2 Å². The number of carbonyl (C=O) groups is 2. The first-order valence-corrected chi connectivity index (χ1v) is 13.4. The van der Waals surface area contributed by atoms with Gasteiger partial charge in [0.2, 0.25) is 10.0 Å². The molecular formula is C26H37ClN3O6S+. The van der Waals surface area contributed by atoms with Crippen molar-refractivity contribution in [3.8, 4) is 5.75 Å². The Morgan fingerprint density at radius 2 is 1.62 bits per heavy atom. The average Bonchev–Trinajstić information content (AvgIpc) is 2.89. The van der Waals surface area contributed by atoms with E-state index in [9.17, 15) is 23.2 Å². The fraction of sp³-hybridized carbons (Fsp3) is 0.462. The van der Waals surface area contributed by atoms with E-state index < -0.39 is 22.0 Å². The molecule has 2 amide bonds. The van der Waals surface area contributed by atoms with Gasteiger partial charge in [0.15, 0.2) is 0 Å². The number of amides is 2. The average molecular weight is 555 g/mol. The third-order valence-corrected chi connectivity index (χ3v) is 9.29. The third kappa shape index (κ3) is 6.88. The number of benzene rings is 2. The highest BCUT2D eigenvalue weighted by atomic mass is 35.5. The van der Waals surface area contributed by atoms with Gasteiger partial charge in [0.05, 0.1) is 39.1 Å². The molecule has 37 heavy (non-hydrogen) atoms. The van der Waals surface area contributed by atoms with Gasteiger partial charge in [0, 0.05) is 19.4 Å². The molecule has 0 spiro atoms. The molecule has 204 valence electrons. The minimum absolute atomic E-state index is 0. The summed E-state index contributed by atoms with van der Waals surface area (Å²) in [5, 5.41) is 9.62. The number of carbonyl (C=O) groups excluding carboxylic acids is 2. The van der Waals surface area contributed by atoms with Crippen LogP contribution in [0.1, 0.15) is 38.2 Å². The van der Waals surface area contributed by atoms with Crippen LogP contribution in [0.15, 0.2) is 59.5 Å². The molecule has 2 aromatic rings. The Kier molecular flexibility index (Phi) is 10.7. The van der Waals surface area contributed by atoms with Crippen LogP contribution in [0.2, 0.25) is 0 Å². The van der Waals surface area contributed by atoms with Crippen LogP contribution in [0.3, 0.4) is 0 Å². The van der Waals surface area contributed by atoms with Crippen LogP contribution in [-0.2, 0) is 26.2 Å². The van der Waals surface area contributed by atoms with Crippen LogP contribution in [0.5, 0.6) is 5.75 Å². The van der Waals surface area contributed by atoms with Crippen molar-refractivity contribution in [2.45, 2.75) is 56.1 Å². The first kappa shape index (κ1) is 30.7. The summed E-state index contributed by atoms with van der Waals surface area (Å²) in [7, 11) is 1.11. The number of quaternary nitrogens is 1. The number of ether oxygens (including phenoxy) is 1. The monoisotopic (exact) mass is 554 g/mol. The lowest BCUT2D eigenvalue weighted by molar-refractivity contribution is -0.842. The van der Waals surface area contributed by atoms with Crippen molar-refractivity contribution in [3.63, 3.8) is 0 Å². The van der Waals surface area contributed by atoms with Crippen molar-refractivity contribution in [2.75, 3.05) is 21.2 Å². The molecule has 0 unspecified atom stereocenters. The van der Waals surface area contributed by atoms with Gasteiger partial charge in [0.25, 0.3) is 5.91 Å². The molecular weight excluding hydrogens is 518 g/mol. The van der Waals surface area contributed by atoms with Gasteiger partial charge >= 0.3 is 5.91 Å². The zero-order chi connectivity index (χ0) is 26.5. The van der Waals surface area contributed by atoms with E-state index in [1.165, 1.54) is 23.5 Å². The Labute approximate surface area is 225 Å². The summed E-state index contributed by atoms with van der Waals surface area (Å²) < 4.78 is 34.4. The molecule has 2 N–H and O–H groups in total. The van der Waals surface area contributed by atoms with Gasteiger partial charge in [-0.05, 0) is 48.6 Å². The number of hydrogen-bond donors (Lipinski definition) is 2. The predicted octanol–water partition coefficient (Wildman–Crippen LogP) is 3.36. The number of nitrogens with zero attached hydrogens (tertiary/aromatic N) is 2. The lowest BCUT2D eigenvalue weighted by atomic mass is 9.80. The summed E-state index contributed by atoms with van der Waals surface area (Å²) in [6, 6.07) is 14.0. The number of methoxy groups -OCH3 is 1. The largest absolute Gasteiger partial charge is 0.497 e. The molecule has 2 aromatic carbocycles. The van der Waals surface area contributed by atoms with E-state index in [4.69, 9.17) is 4.74 Å². The van der Waals surface area contributed by atoms with Gasteiger partial charge in [-0.25, -0.2) is 18.7 Å². The molecule has 1 aliphatic rings. The quantitative estimate of drug-likeness (QED) is 0.279. The Hall–Kier alpha value is -2.50. The molecule has 9 nitrogen and oxygen atoms in total. The number of nitrogens with one attached hydrogen (secondary N) is 1. The van der Waals surface area contributed by atoms with Crippen molar-refractivity contribution >= 4 is 34.2 Å². The molecule has 1 fully saturated rings. The van der Waals surface area contributed by atoms with Crippen LogP contribution in [0.4, 0.5) is 0 Å². The van der Waals surface area contributed by atoms with Crippen LogP contribution in [0, 0.1) is 5.92 Å². The van der Waals surface area contributed by atoms with Gasteiger partial charge in [0.1, 0.15) is 11.8 Å². The highest BCUT2D eigenvalue weighted by Gasteiger charge is 2.45. The van der Waals surface area contributed by atoms with Crippen LogP contribution in [-0.4, -0.2) is 67.5 Å². The molecule has 3 rings (SSSR count). The van der Waals surface area contributed by atoms with Crippen molar-refractivity contribution in [2.24, 2.45) is 5.92 Å². The third-order valence-electron chi connectivity index (χ3n) is 7.45. The topological polar surface area (TPSA) is 113 Å². The van der Waals surface area contributed by atoms with Crippen LogP contribution >= 0.6 is 12.4 Å². The molecule has 0 radical (unpaired) electrons. The second kappa shape index (κ2) is 12.8. The van der Waals surface area contributed by atoms with E-state index in [0.717, 1.165) is 0 Å².